The van der Waals surface area contributed by atoms with Crippen LogP contribution in [0.4, 0.5) is 0 Å². The molecular weight excluding hydrogens is 268 g/mol. The number of carbonyl (C=O) groups excluding carboxylic acids is 2. The summed E-state index contributed by atoms with van der Waals surface area (Å²) in [6, 6.07) is 0. The molecule has 0 saturated carbocycles. The summed E-state index contributed by atoms with van der Waals surface area (Å²) in [5.74, 6) is -0.711. The summed E-state index contributed by atoms with van der Waals surface area (Å²) in [6.45, 7) is 4.70. The number of rotatable bonds is 14. The maximum Gasteiger partial charge on any atom is 0.246 e. The minimum atomic E-state index is -0.512. The Hall–Kier alpha value is -1.22. The minimum Gasteiger partial charge on any atom is -0.379 e. The molecule has 0 bridgehead atoms. The molecule has 0 radical (unpaired) electrons. The largest absolute Gasteiger partial charge is 0.379 e. The molecule has 0 aromatic rings. The molecule has 0 fully saturated rings. The number of nitrogens with two attached hydrogens (primary N) is 1. The first kappa shape index (κ1) is 18.8. The predicted molar refractivity (Wildman–Crippen MR) is 71.2 cm³/mol. The van der Waals surface area contributed by atoms with Crippen molar-refractivity contribution >= 4 is 11.8 Å². The van der Waals surface area contributed by atoms with Gasteiger partial charge >= 0.3 is 0 Å². The molecule has 0 heterocycles. The lowest BCUT2D eigenvalue weighted by molar-refractivity contribution is -0.126. The van der Waals surface area contributed by atoms with Gasteiger partial charge < -0.3 is 30.0 Å². The van der Waals surface area contributed by atoms with Gasteiger partial charge in [0.25, 0.3) is 0 Å². The lowest BCUT2D eigenvalue weighted by atomic mass is 10.6. The van der Waals surface area contributed by atoms with Gasteiger partial charge in [0.05, 0.1) is 33.0 Å². The van der Waals surface area contributed by atoms with Crippen molar-refractivity contribution in [3.8, 4) is 0 Å². The van der Waals surface area contributed by atoms with Gasteiger partial charge in [-0.05, 0) is 6.92 Å². The molecule has 20 heavy (non-hydrogen) atoms. The third-order valence-corrected chi connectivity index (χ3v) is 1.99. The van der Waals surface area contributed by atoms with E-state index in [9.17, 15) is 9.59 Å². The summed E-state index contributed by atoms with van der Waals surface area (Å²) in [5.41, 5.74) is 4.88. The monoisotopic (exact) mass is 292 g/mol. The van der Waals surface area contributed by atoms with Crippen molar-refractivity contribution in [3.05, 3.63) is 0 Å². The summed E-state index contributed by atoms with van der Waals surface area (Å²) >= 11 is 0. The fourth-order valence-electron chi connectivity index (χ4n) is 1.13. The molecule has 0 unspecified atom stereocenters. The Bertz CT molecular complexity index is 262. The summed E-state index contributed by atoms with van der Waals surface area (Å²) < 4.78 is 20.2. The molecule has 2 amide bonds. The van der Waals surface area contributed by atoms with Gasteiger partial charge in [0, 0.05) is 13.2 Å². The SMILES string of the molecule is CCOCCOCC(=O)NCCOCCOCC(N)=O. The Kier molecular flexibility index (Phi) is 13.3. The molecule has 3 N–H and O–H groups in total. The van der Waals surface area contributed by atoms with E-state index in [1.165, 1.54) is 0 Å². The number of hydrogen-bond acceptors (Lipinski definition) is 6. The van der Waals surface area contributed by atoms with Crippen LogP contribution < -0.4 is 11.1 Å². The van der Waals surface area contributed by atoms with Crippen LogP contribution in [0.1, 0.15) is 6.92 Å². The van der Waals surface area contributed by atoms with Crippen molar-refractivity contribution in [3.63, 3.8) is 0 Å². The van der Waals surface area contributed by atoms with Crippen molar-refractivity contribution < 1.29 is 28.5 Å². The number of primary amides is 1. The summed E-state index contributed by atoms with van der Waals surface area (Å²) in [6.07, 6.45) is 0. The zero-order valence-corrected chi connectivity index (χ0v) is 11.9. The van der Waals surface area contributed by atoms with Crippen LogP contribution in [0.5, 0.6) is 0 Å². The first-order valence-corrected chi connectivity index (χ1v) is 6.52. The molecule has 8 heteroatoms. The van der Waals surface area contributed by atoms with Crippen molar-refractivity contribution in [2.75, 3.05) is 59.4 Å². The van der Waals surface area contributed by atoms with Crippen LogP contribution >= 0.6 is 0 Å². The van der Waals surface area contributed by atoms with E-state index in [0.717, 1.165) is 0 Å². The van der Waals surface area contributed by atoms with E-state index >= 15 is 0 Å². The zero-order valence-electron chi connectivity index (χ0n) is 11.9. The quantitative estimate of drug-likeness (QED) is 0.384. The highest BCUT2D eigenvalue weighted by Crippen LogP contribution is 1.80. The molecule has 0 aromatic carbocycles. The molecule has 0 aliphatic rings. The molecule has 0 aromatic heterocycles. The molecule has 0 aliphatic heterocycles. The summed E-state index contributed by atoms with van der Waals surface area (Å²) in [4.78, 5) is 21.6. The van der Waals surface area contributed by atoms with Crippen LogP contribution in [-0.4, -0.2) is 71.2 Å². The van der Waals surface area contributed by atoms with Crippen LogP contribution in [0.15, 0.2) is 0 Å². The minimum absolute atomic E-state index is 0.00873. The van der Waals surface area contributed by atoms with E-state index in [0.29, 0.717) is 39.6 Å². The molecule has 8 nitrogen and oxygen atoms in total. The lowest BCUT2D eigenvalue weighted by Gasteiger charge is -2.07. The standard InChI is InChI=1S/C12H24N2O6/c1-2-17-5-7-20-10-12(16)14-3-4-18-6-8-19-9-11(13)15/h2-10H2,1H3,(H2,13,15)(H,14,16). The molecule has 118 valence electrons. The fourth-order valence-corrected chi connectivity index (χ4v) is 1.13. The number of amides is 2. The molecule has 0 saturated heterocycles. The van der Waals surface area contributed by atoms with E-state index in [2.05, 4.69) is 5.32 Å². The average molecular weight is 292 g/mol. The smallest absolute Gasteiger partial charge is 0.246 e. The van der Waals surface area contributed by atoms with E-state index in [1.807, 2.05) is 6.92 Å². The van der Waals surface area contributed by atoms with E-state index in [4.69, 9.17) is 24.7 Å². The van der Waals surface area contributed by atoms with Crippen molar-refractivity contribution in [1.82, 2.24) is 5.32 Å². The first-order valence-electron chi connectivity index (χ1n) is 6.52. The second-order valence-electron chi connectivity index (χ2n) is 3.73. The van der Waals surface area contributed by atoms with Gasteiger partial charge in [-0.2, -0.15) is 0 Å². The summed E-state index contributed by atoms with van der Waals surface area (Å²) in [5, 5.41) is 2.64. The first-order chi connectivity index (χ1) is 9.66. The zero-order chi connectivity index (χ0) is 15.1. The Balaban J connectivity index is 3.17. The highest BCUT2D eigenvalue weighted by atomic mass is 16.5. The van der Waals surface area contributed by atoms with Gasteiger partial charge in [-0.3, -0.25) is 9.59 Å². The predicted octanol–water partition coefficient (Wildman–Crippen LogP) is -1.33. The van der Waals surface area contributed by atoms with Crippen LogP contribution in [0, 0.1) is 0 Å². The highest BCUT2D eigenvalue weighted by molar-refractivity contribution is 5.77. The summed E-state index contributed by atoms with van der Waals surface area (Å²) in [7, 11) is 0. The van der Waals surface area contributed by atoms with Crippen LogP contribution in [0.2, 0.25) is 0 Å². The average Bonchev–Trinajstić information content (AvgIpc) is 2.41. The van der Waals surface area contributed by atoms with E-state index in [1.54, 1.807) is 0 Å². The number of nitrogens with one attached hydrogen (secondary N) is 1. The van der Waals surface area contributed by atoms with Crippen LogP contribution in [0.3, 0.4) is 0 Å². The molecule has 0 atom stereocenters. The third kappa shape index (κ3) is 14.8. The normalized spacial score (nSPS) is 10.4. The van der Waals surface area contributed by atoms with Crippen molar-refractivity contribution in [2.24, 2.45) is 5.73 Å². The fraction of sp³-hybridized carbons (Fsp3) is 0.833. The second kappa shape index (κ2) is 14.2. The van der Waals surface area contributed by atoms with Crippen LogP contribution in [-0.2, 0) is 28.5 Å². The van der Waals surface area contributed by atoms with Gasteiger partial charge in [0.15, 0.2) is 0 Å². The second-order valence-corrected chi connectivity index (χ2v) is 3.73. The maximum absolute atomic E-state index is 11.3. The van der Waals surface area contributed by atoms with Gasteiger partial charge in [-0.15, -0.1) is 0 Å². The Morgan fingerprint density at radius 3 is 2.15 bits per heavy atom. The van der Waals surface area contributed by atoms with Crippen molar-refractivity contribution in [1.29, 1.82) is 0 Å². The molecule has 0 aliphatic carbocycles. The van der Waals surface area contributed by atoms with Gasteiger partial charge in [0.2, 0.25) is 11.8 Å². The molecule has 0 rings (SSSR count). The molecule has 0 spiro atoms. The van der Waals surface area contributed by atoms with Gasteiger partial charge in [0.1, 0.15) is 13.2 Å². The number of ether oxygens (including phenoxy) is 4. The Labute approximate surface area is 118 Å². The Morgan fingerprint density at radius 1 is 0.900 bits per heavy atom. The Morgan fingerprint density at radius 2 is 1.50 bits per heavy atom. The van der Waals surface area contributed by atoms with E-state index < -0.39 is 5.91 Å². The number of carbonyl (C=O) groups is 2. The highest BCUT2D eigenvalue weighted by Gasteiger charge is 2.00. The third-order valence-electron chi connectivity index (χ3n) is 1.99. The van der Waals surface area contributed by atoms with Crippen molar-refractivity contribution in [2.45, 2.75) is 6.92 Å². The lowest BCUT2D eigenvalue weighted by Crippen LogP contribution is -2.31. The molecular formula is C12H24N2O6. The van der Waals surface area contributed by atoms with Gasteiger partial charge in [-0.25, -0.2) is 0 Å². The van der Waals surface area contributed by atoms with E-state index in [-0.39, 0.29) is 25.7 Å². The van der Waals surface area contributed by atoms with Gasteiger partial charge in [-0.1, -0.05) is 0 Å². The number of hydrogen-bond donors (Lipinski definition) is 2. The topological polar surface area (TPSA) is 109 Å². The maximum atomic E-state index is 11.3. The van der Waals surface area contributed by atoms with Crippen LogP contribution in [0.25, 0.3) is 0 Å².